The number of carboxylic acid groups (broad SMARTS) is 1. The molecule has 1 heterocycles. The standard InChI is InChI=1S/C25H34N4O8/c1-15(30)28-18-8-6-17(7-9-18)24(34)26-12-4-3-5-23(33)27-14-19(32)13-22-20(29-16(2)31)10-11-21(37-22)25(35)36/h6-9,11,19-20,22,32H,3-5,10,12-14H2,1-2H3,(H,26,34)(H,27,33)(H,28,30)(H,29,31)(H,35,36)/t19-,20+,22-/m0/s1. The molecule has 1 aromatic rings. The number of aliphatic hydroxyl groups excluding tert-OH is 1. The first kappa shape index (κ1) is 29.3. The molecule has 12 nitrogen and oxygen atoms in total. The second-order valence-electron chi connectivity index (χ2n) is 8.74. The van der Waals surface area contributed by atoms with Crippen molar-refractivity contribution in [2.45, 2.75) is 64.2 Å². The summed E-state index contributed by atoms with van der Waals surface area (Å²) in [6.45, 7) is 3.06. The van der Waals surface area contributed by atoms with Gasteiger partial charge in [-0.15, -0.1) is 0 Å². The monoisotopic (exact) mass is 518 g/mol. The lowest BCUT2D eigenvalue weighted by atomic mass is 9.98. The van der Waals surface area contributed by atoms with Gasteiger partial charge in [0.15, 0.2) is 0 Å². The number of anilines is 1. The summed E-state index contributed by atoms with van der Waals surface area (Å²) in [7, 11) is 0. The van der Waals surface area contributed by atoms with Gasteiger partial charge >= 0.3 is 5.97 Å². The number of hydrogen-bond acceptors (Lipinski definition) is 7. The molecule has 0 unspecified atom stereocenters. The molecule has 37 heavy (non-hydrogen) atoms. The lowest BCUT2D eigenvalue weighted by Crippen LogP contribution is -2.48. The fourth-order valence-electron chi connectivity index (χ4n) is 3.74. The third-order valence-electron chi connectivity index (χ3n) is 5.51. The average molecular weight is 519 g/mol. The number of amides is 4. The van der Waals surface area contributed by atoms with Crippen molar-refractivity contribution in [2.24, 2.45) is 0 Å². The Bertz CT molecular complexity index is 1010. The molecule has 0 fully saturated rings. The fourth-order valence-corrected chi connectivity index (χ4v) is 3.74. The Morgan fingerprint density at radius 2 is 1.73 bits per heavy atom. The van der Waals surface area contributed by atoms with E-state index in [1.54, 1.807) is 24.3 Å². The number of unbranched alkanes of at least 4 members (excludes halogenated alkanes) is 1. The number of aliphatic hydroxyl groups is 1. The first-order valence-electron chi connectivity index (χ1n) is 12.0. The zero-order chi connectivity index (χ0) is 27.4. The fraction of sp³-hybridized carbons (Fsp3) is 0.480. The highest BCUT2D eigenvalue weighted by Gasteiger charge is 2.32. The Labute approximate surface area is 214 Å². The molecule has 1 aliphatic heterocycles. The Morgan fingerprint density at radius 3 is 2.35 bits per heavy atom. The molecule has 0 spiro atoms. The van der Waals surface area contributed by atoms with Crippen LogP contribution < -0.4 is 21.3 Å². The third kappa shape index (κ3) is 10.7. The van der Waals surface area contributed by atoms with E-state index in [1.807, 2.05) is 0 Å². The van der Waals surface area contributed by atoms with E-state index >= 15 is 0 Å². The summed E-state index contributed by atoms with van der Waals surface area (Å²) in [5, 5.41) is 30.2. The summed E-state index contributed by atoms with van der Waals surface area (Å²) in [5.74, 6) is -2.50. The van der Waals surface area contributed by atoms with Crippen LogP contribution in [0, 0.1) is 0 Å². The molecule has 1 aliphatic rings. The number of ether oxygens (including phenoxy) is 1. The Hall–Kier alpha value is -3.93. The highest BCUT2D eigenvalue weighted by molar-refractivity contribution is 5.95. The van der Waals surface area contributed by atoms with Gasteiger partial charge in [-0.1, -0.05) is 0 Å². The Morgan fingerprint density at radius 1 is 1.03 bits per heavy atom. The second-order valence-corrected chi connectivity index (χ2v) is 8.74. The van der Waals surface area contributed by atoms with Crippen molar-refractivity contribution < 1.29 is 38.9 Å². The largest absolute Gasteiger partial charge is 0.481 e. The van der Waals surface area contributed by atoms with Crippen molar-refractivity contribution in [3.63, 3.8) is 0 Å². The molecule has 0 saturated heterocycles. The molecule has 6 N–H and O–H groups in total. The molecule has 0 bridgehead atoms. The van der Waals surface area contributed by atoms with Gasteiger partial charge in [-0.25, -0.2) is 4.79 Å². The van der Waals surface area contributed by atoms with Crippen molar-refractivity contribution in [3.05, 3.63) is 41.7 Å². The lowest BCUT2D eigenvalue weighted by molar-refractivity contribution is -0.139. The van der Waals surface area contributed by atoms with Crippen LogP contribution in [0.25, 0.3) is 0 Å². The molecule has 0 radical (unpaired) electrons. The number of benzene rings is 1. The van der Waals surface area contributed by atoms with Crippen LogP contribution in [0.5, 0.6) is 0 Å². The van der Waals surface area contributed by atoms with Crippen LogP contribution in [-0.4, -0.2) is 71.2 Å². The van der Waals surface area contributed by atoms with E-state index in [-0.39, 0.29) is 55.2 Å². The number of nitrogens with one attached hydrogen (secondary N) is 4. The number of hydrogen-bond donors (Lipinski definition) is 6. The second kappa shape index (κ2) is 14.6. The van der Waals surface area contributed by atoms with Crippen molar-refractivity contribution in [2.75, 3.05) is 18.4 Å². The van der Waals surface area contributed by atoms with E-state index in [1.165, 1.54) is 19.9 Å². The average Bonchev–Trinajstić information content (AvgIpc) is 2.83. The van der Waals surface area contributed by atoms with Gasteiger partial charge in [0.05, 0.1) is 12.1 Å². The first-order chi connectivity index (χ1) is 17.5. The highest BCUT2D eigenvalue weighted by atomic mass is 16.5. The molecular weight excluding hydrogens is 484 g/mol. The van der Waals surface area contributed by atoms with Gasteiger partial charge in [-0.05, 0) is 49.6 Å². The predicted molar refractivity (Wildman–Crippen MR) is 133 cm³/mol. The topological polar surface area (TPSA) is 183 Å². The zero-order valence-electron chi connectivity index (χ0n) is 20.9. The molecule has 4 amide bonds. The summed E-state index contributed by atoms with van der Waals surface area (Å²) >= 11 is 0. The summed E-state index contributed by atoms with van der Waals surface area (Å²) in [6, 6.07) is 5.99. The number of aliphatic carboxylic acids is 1. The summed E-state index contributed by atoms with van der Waals surface area (Å²) in [4.78, 5) is 57.9. The molecule has 0 saturated carbocycles. The van der Waals surface area contributed by atoms with E-state index in [0.717, 1.165) is 0 Å². The third-order valence-corrected chi connectivity index (χ3v) is 5.51. The van der Waals surface area contributed by atoms with Crippen molar-refractivity contribution in [1.82, 2.24) is 16.0 Å². The quantitative estimate of drug-likeness (QED) is 0.206. The van der Waals surface area contributed by atoms with Gasteiger partial charge < -0.3 is 36.2 Å². The van der Waals surface area contributed by atoms with E-state index in [4.69, 9.17) is 9.84 Å². The maximum Gasteiger partial charge on any atom is 0.370 e. The SMILES string of the molecule is CC(=O)Nc1ccc(C(=O)NCCCCC(=O)NC[C@@H](O)C[C@@H]2OC(C(=O)O)=CC[C@H]2NC(C)=O)cc1. The summed E-state index contributed by atoms with van der Waals surface area (Å²) in [5.41, 5.74) is 1.05. The van der Waals surface area contributed by atoms with E-state index < -0.39 is 24.2 Å². The van der Waals surface area contributed by atoms with Crippen LogP contribution in [0.15, 0.2) is 36.1 Å². The summed E-state index contributed by atoms with van der Waals surface area (Å²) in [6.07, 6.45) is 1.19. The van der Waals surface area contributed by atoms with E-state index in [9.17, 15) is 29.1 Å². The Kier molecular flexibility index (Phi) is 11.6. The highest BCUT2D eigenvalue weighted by Crippen LogP contribution is 2.21. The molecular formula is C25H34N4O8. The summed E-state index contributed by atoms with van der Waals surface area (Å²) < 4.78 is 5.43. The van der Waals surface area contributed by atoms with Crippen LogP contribution >= 0.6 is 0 Å². The molecule has 0 aliphatic carbocycles. The van der Waals surface area contributed by atoms with Crippen molar-refractivity contribution in [1.29, 1.82) is 0 Å². The number of carboxylic acids is 1. The number of rotatable bonds is 13. The molecule has 202 valence electrons. The molecule has 12 heteroatoms. The van der Waals surface area contributed by atoms with Gasteiger partial charge in [0.1, 0.15) is 6.10 Å². The number of carbonyl (C=O) groups is 5. The number of carbonyl (C=O) groups excluding carboxylic acids is 4. The van der Waals surface area contributed by atoms with E-state index in [2.05, 4.69) is 21.3 Å². The normalized spacial score (nSPS) is 17.4. The molecule has 2 rings (SSSR count). The van der Waals surface area contributed by atoms with E-state index in [0.29, 0.717) is 30.6 Å². The predicted octanol–water partition coefficient (Wildman–Crippen LogP) is 0.674. The minimum absolute atomic E-state index is 0.0215. The molecule has 1 aromatic carbocycles. The minimum Gasteiger partial charge on any atom is -0.481 e. The smallest absolute Gasteiger partial charge is 0.370 e. The van der Waals surface area contributed by atoms with Gasteiger partial charge in [0, 0.05) is 51.0 Å². The van der Waals surface area contributed by atoms with Crippen molar-refractivity contribution >= 4 is 35.3 Å². The minimum atomic E-state index is -1.23. The Balaban J connectivity index is 1.65. The maximum atomic E-state index is 12.2. The van der Waals surface area contributed by atoms with Crippen LogP contribution in [-0.2, 0) is 23.9 Å². The van der Waals surface area contributed by atoms with Crippen LogP contribution in [0.2, 0.25) is 0 Å². The van der Waals surface area contributed by atoms with Gasteiger partial charge in [0.2, 0.25) is 23.5 Å². The first-order valence-corrected chi connectivity index (χ1v) is 12.0. The zero-order valence-corrected chi connectivity index (χ0v) is 20.9. The van der Waals surface area contributed by atoms with Gasteiger partial charge in [-0.2, -0.15) is 0 Å². The van der Waals surface area contributed by atoms with Gasteiger partial charge in [-0.3, -0.25) is 19.2 Å². The van der Waals surface area contributed by atoms with Gasteiger partial charge in [0.25, 0.3) is 5.91 Å². The maximum absolute atomic E-state index is 12.2. The molecule has 3 atom stereocenters. The van der Waals surface area contributed by atoms with Crippen LogP contribution in [0.4, 0.5) is 5.69 Å². The molecule has 0 aromatic heterocycles. The lowest BCUT2D eigenvalue weighted by Gasteiger charge is -2.32. The van der Waals surface area contributed by atoms with Crippen molar-refractivity contribution in [3.8, 4) is 0 Å². The van der Waals surface area contributed by atoms with Crippen LogP contribution in [0.3, 0.4) is 0 Å². The van der Waals surface area contributed by atoms with Crippen LogP contribution in [0.1, 0.15) is 56.3 Å².